The van der Waals surface area contributed by atoms with Gasteiger partial charge in [0.1, 0.15) is 11.6 Å². The van der Waals surface area contributed by atoms with E-state index in [1.165, 1.54) is 11.6 Å². The second kappa shape index (κ2) is 9.21. The number of fused-ring (bicyclic) bond motifs is 3. The van der Waals surface area contributed by atoms with Gasteiger partial charge in [-0.25, -0.2) is 8.78 Å². The Balaban J connectivity index is 1.65. The maximum absolute atomic E-state index is 14.7. The zero-order valence-corrected chi connectivity index (χ0v) is 19.0. The highest BCUT2D eigenvalue weighted by Crippen LogP contribution is 2.41. The number of H-pyrrole nitrogens is 1. The highest BCUT2D eigenvalue weighted by molar-refractivity contribution is 5.95. The fourth-order valence-corrected chi connectivity index (χ4v) is 5.01. The number of aromatic nitrogens is 1. The maximum atomic E-state index is 14.7. The molecule has 1 saturated heterocycles. The van der Waals surface area contributed by atoms with Gasteiger partial charge in [-0.2, -0.15) is 0 Å². The van der Waals surface area contributed by atoms with Crippen LogP contribution in [0.4, 0.5) is 8.78 Å². The number of terminal acetylenes is 1. The van der Waals surface area contributed by atoms with Crippen molar-refractivity contribution in [3.05, 3.63) is 70.4 Å². The molecule has 0 aliphatic carbocycles. The van der Waals surface area contributed by atoms with Gasteiger partial charge in [-0.05, 0) is 41.6 Å². The summed E-state index contributed by atoms with van der Waals surface area (Å²) < 4.78 is 34.2. The lowest BCUT2D eigenvalue weighted by Gasteiger charge is -2.42. The molecule has 0 spiro atoms. The highest BCUT2D eigenvalue weighted by atomic mass is 19.1. The highest BCUT2D eigenvalue weighted by Gasteiger charge is 2.40. The van der Waals surface area contributed by atoms with Crippen molar-refractivity contribution in [3.63, 3.8) is 0 Å². The summed E-state index contributed by atoms with van der Waals surface area (Å²) >= 11 is 0. The van der Waals surface area contributed by atoms with Crippen LogP contribution >= 0.6 is 0 Å². The number of carbonyl (C=O) groups is 1. The minimum absolute atomic E-state index is 0.238. The molecule has 0 radical (unpaired) electrons. The lowest BCUT2D eigenvalue weighted by atomic mass is 9.88. The minimum Gasteiger partial charge on any atom is -0.380 e. The summed E-state index contributed by atoms with van der Waals surface area (Å²) in [7, 11) is 0. The summed E-state index contributed by atoms with van der Waals surface area (Å²) in [5.74, 6) is 0.896. The SMILES string of the molecule is C#CC(=O)N1[C@@H](c2ccc(C3COC3)cc2)c2[nH]c3c(F)cc(F)cc3c2C[C@@H]1NCCCC. The topological polar surface area (TPSA) is 57.4 Å². The first-order valence-electron chi connectivity index (χ1n) is 11.7. The molecule has 2 aliphatic rings. The molecular formula is C27H27F2N3O2. The minimum atomic E-state index is -0.659. The van der Waals surface area contributed by atoms with Gasteiger partial charge in [0.05, 0.1) is 30.9 Å². The predicted molar refractivity (Wildman–Crippen MR) is 126 cm³/mol. The Morgan fingerprint density at radius 2 is 1.97 bits per heavy atom. The third kappa shape index (κ3) is 3.87. The number of carbonyl (C=O) groups excluding carboxylic acids is 1. The number of rotatable bonds is 6. The van der Waals surface area contributed by atoms with Gasteiger partial charge in [0, 0.05) is 29.5 Å². The molecule has 0 bridgehead atoms. The molecule has 1 amide bonds. The number of nitrogens with zero attached hydrogens (tertiary/aromatic N) is 1. The van der Waals surface area contributed by atoms with Crippen molar-refractivity contribution >= 4 is 16.8 Å². The van der Waals surface area contributed by atoms with Gasteiger partial charge in [-0.15, -0.1) is 6.42 Å². The third-order valence-electron chi connectivity index (χ3n) is 6.88. The van der Waals surface area contributed by atoms with Crippen LogP contribution in [0.2, 0.25) is 0 Å². The molecule has 3 heterocycles. The second-order valence-electron chi connectivity index (χ2n) is 9.02. The molecule has 7 heteroatoms. The number of nitrogens with one attached hydrogen (secondary N) is 2. The van der Waals surface area contributed by atoms with E-state index in [1.54, 1.807) is 4.90 Å². The maximum Gasteiger partial charge on any atom is 0.300 e. The lowest BCUT2D eigenvalue weighted by molar-refractivity contribution is -0.130. The molecule has 0 unspecified atom stereocenters. The number of hydrogen-bond acceptors (Lipinski definition) is 3. The normalized spacial score (nSPS) is 20.1. The van der Waals surface area contributed by atoms with Crippen LogP contribution in [-0.4, -0.2) is 41.7 Å². The molecular weight excluding hydrogens is 436 g/mol. The van der Waals surface area contributed by atoms with Crippen LogP contribution in [0.1, 0.15) is 54.1 Å². The summed E-state index contributed by atoms with van der Waals surface area (Å²) in [6, 6.07) is 9.71. The quantitative estimate of drug-likeness (QED) is 0.421. The van der Waals surface area contributed by atoms with Gasteiger partial charge in [-0.1, -0.05) is 37.6 Å². The van der Waals surface area contributed by atoms with Crippen LogP contribution in [0.5, 0.6) is 0 Å². The van der Waals surface area contributed by atoms with Gasteiger partial charge >= 0.3 is 0 Å². The standard InChI is InChI=1S/C27H27F2N3O2/c1-3-5-10-30-23-13-21-20-11-19(28)12-22(29)25(20)31-26(21)27(32(23)24(33)4-2)17-8-6-16(7-9-17)18-14-34-15-18/h2,6-9,11-12,18,23,27,30-31H,3,5,10,13-15H2,1H3/t23-,27+/m1/s1. The number of hydrogen-bond donors (Lipinski definition) is 2. The van der Waals surface area contributed by atoms with Gasteiger partial charge in [0.25, 0.3) is 5.91 Å². The van der Waals surface area contributed by atoms with E-state index in [4.69, 9.17) is 11.2 Å². The van der Waals surface area contributed by atoms with Gasteiger partial charge in [0.2, 0.25) is 0 Å². The molecule has 34 heavy (non-hydrogen) atoms. The smallest absolute Gasteiger partial charge is 0.300 e. The number of aromatic amines is 1. The second-order valence-corrected chi connectivity index (χ2v) is 9.02. The van der Waals surface area contributed by atoms with Crippen molar-refractivity contribution in [3.8, 4) is 12.3 Å². The monoisotopic (exact) mass is 463 g/mol. The molecule has 176 valence electrons. The van der Waals surface area contributed by atoms with Crippen molar-refractivity contribution in [2.45, 2.75) is 44.3 Å². The van der Waals surface area contributed by atoms with Crippen molar-refractivity contribution in [2.75, 3.05) is 19.8 Å². The van der Waals surface area contributed by atoms with E-state index in [9.17, 15) is 13.6 Å². The lowest BCUT2D eigenvalue weighted by Crippen LogP contribution is -2.54. The van der Waals surface area contributed by atoms with Crippen molar-refractivity contribution in [1.29, 1.82) is 0 Å². The van der Waals surface area contributed by atoms with E-state index in [2.05, 4.69) is 23.1 Å². The fourth-order valence-electron chi connectivity index (χ4n) is 5.01. The van der Waals surface area contributed by atoms with Crippen LogP contribution in [-0.2, 0) is 16.0 Å². The Hall–Kier alpha value is -3.21. The van der Waals surface area contributed by atoms with Gasteiger partial charge in [0.15, 0.2) is 0 Å². The van der Waals surface area contributed by atoms with E-state index in [0.717, 1.165) is 30.0 Å². The first kappa shape index (κ1) is 22.6. The van der Waals surface area contributed by atoms with E-state index in [-0.39, 0.29) is 5.52 Å². The van der Waals surface area contributed by atoms with Crippen molar-refractivity contribution < 1.29 is 18.3 Å². The molecule has 2 atom stereocenters. The third-order valence-corrected chi connectivity index (χ3v) is 6.88. The number of ether oxygens (including phenoxy) is 1. The molecule has 2 N–H and O–H groups in total. The van der Waals surface area contributed by atoms with Crippen LogP contribution in [0.15, 0.2) is 36.4 Å². The van der Waals surface area contributed by atoms with Crippen molar-refractivity contribution in [1.82, 2.24) is 15.2 Å². The molecule has 2 aliphatic heterocycles. The Bertz CT molecular complexity index is 1260. The zero-order valence-electron chi connectivity index (χ0n) is 19.0. The molecule has 2 aromatic carbocycles. The van der Waals surface area contributed by atoms with Gasteiger partial charge in [-0.3, -0.25) is 10.1 Å². The first-order chi connectivity index (χ1) is 16.5. The number of benzene rings is 2. The molecule has 3 aromatic rings. The average Bonchev–Trinajstić information content (AvgIpc) is 3.16. The fraction of sp³-hybridized carbons (Fsp3) is 0.370. The molecule has 1 aromatic heterocycles. The summed E-state index contributed by atoms with van der Waals surface area (Å²) in [5, 5.41) is 3.95. The van der Waals surface area contributed by atoms with Crippen LogP contribution in [0, 0.1) is 24.0 Å². The molecule has 5 rings (SSSR count). The van der Waals surface area contributed by atoms with Crippen LogP contribution in [0.25, 0.3) is 10.9 Å². The zero-order chi connectivity index (χ0) is 23.8. The van der Waals surface area contributed by atoms with E-state index < -0.39 is 29.7 Å². The largest absolute Gasteiger partial charge is 0.380 e. The van der Waals surface area contributed by atoms with E-state index in [1.807, 2.05) is 24.3 Å². The van der Waals surface area contributed by atoms with E-state index in [0.29, 0.717) is 43.2 Å². The summed E-state index contributed by atoms with van der Waals surface area (Å²) in [5.41, 5.74) is 3.72. The van der Waals surface area contributed by atoms with Crippen LogP contribution < -0.4 is 5.32 Å². The summed E-state index contributed by atoms with van der Waals surface area (Å²) in [6.07, 6.45) is 7.50. The van der Waals surface area contributed by atoms with E-state index >= 15 is 0 Å². The Labute approximate surface area is 197 Å². The molecule has 1 fully saturated rings. The number of amides is 1. The first-order valence-corrected chi connectivity index (χ1v) is 11.7. The van der Waals surface area contributed by atoms with Gasteiger partial charge < -0.3 is 14.6 Å². The summed E-state index contributed by atoms with van der Waals surface area (Å²) in [4.78, 5) is 17.9. The van der Waals surface area contributed by atoms with Crippen molar-refractivity contribution in [2.24, 2.45) is 0 Å². The molecule has 0 saturated carbocycles. The Kier molecular flexibility index (Phi) is 6.11. The number of unbranched alkanes of at least 4 members (excludes halogenated alkanes) is 1. The Morgan fingerprint density at radius 1 is 1.24 bits per heavy atom. The number of halogens is 2. The average molecular weight is 464 g/mol. The van der Waals surface area contributed by atoms with Crippen LogP contribution in [0.3, 0.4) is 0 Å². The Morgan fingerprint density at radius 3 is 2.62 bits per heavy atom. The summed E-state index contributed by atoms with van der Waals surface area (Å²) in [6.45, 7) is 4.19. The predicted octanol–water partition coefficient (Wildman–Crippen LogP) is 4.38. The molecule has 5 nitrogen and oxygen atoms in total.